The second-order valence-corrected chi connectivity index (χ2v) is 5.64. The summed E-state index contributed by atoms with van der Waals surface area (Å²) >= 11 is 0. The van der Waals surface area contributed by atoms with E-state index in [9.17, 15) is 14.7 Å². The third kappa shape index (κ3) is 4.09. The van der Waals surface area contributed by atoms with Gasteiger partial charge in [-0.15, -0.1) is 0 Å². The van der Waals surface area contributed by atoms with Gasteiger partial charge in [-0.25, -0.2) is 0 Å². The lowest BCUT2D eigenvalue weighted by molar-refractivity contribution is -0.151. The molecule has 1 aliphatic rings. The minimum absolute atomic E-state index is 0.0181. The zero-order chi connectivity index (χ0) is 15.1. The van der Waals surface area contributed by atoms with E-state index in [1.165, 1.54) is 0 Å². The van der Waals surface area contributed by atoms with Crippen molar-refractivity contribution in [1.82, 2.24) is 4.90 Å². The molecule has 1 amide bonds. The van der Waals surface area contributed by atoms with Gasteiger partial charge in [0.05, 0.1) is 11.8 Å². The molecule has 0 aromatic rings. The molecule has 3 atom stereocenters. The highest BCUT2D eigenvalue weighted by atomic mass is 16.4. The van der Waals surface area contributed by atoms with E-state index in [0.29, 0.717) is 12.8 Å². The number of amides is 1. The smallest absolute Gasteiger partial charge is 0.307 e. The number of carboxylic acids is 1. The van der Waals surface area contributed by atoms with E-state index in [1.807, 2.05) is 24.0 Å². The minimum atomic E-state index is -0.854. The number of carbonyl (C=O) groups excluding carboxylic acids is 1. The summed E-state index contributed by atoms with van der Waals surface area (Å²) in [5, 5.41) is 9.31. The van der Waals surface area contributed by atoms with E-state index in [2.05, 4.69) is 13.8 Å². The molecule has 1 rings (SSSR count). The van der Waals surface area contributed by atoms with Crippen molar-refractivity contribution in [3.8, 4) is 0 Å². The lowest BCUT2D eigenvalue weighted by Gasteiger charge is -2.34. The molecule has 1 aliphatic carbocycles. The van der Waals surface area contributed by atoms with Crippen LogP contribution in [-0.4, -0.2) is 34.5 Å². The van der Waals surface area contributed by atoms with Crippen molar-refractivity contribution in [3.63, 3.8) is 0 Å². The maximum atomic E-state index is 12.7. The highest BCUT2D eigenvalue weighted by molar-refractivity contribution is 5.85. The van der Waals surface area contributed by atoms with Crippen LogP contribution in [0, 0.1) is 11.8 Å². The fourth-order valence-electron chi connectivity index (χ4n) is 2.67. The van der Waals surface area contributed by atoms with Crippen LogP contribution in [0.4, 0.5) is 0 Å². The lowest BCUT2D eigenvalue weighted by Crippen LogP contribution is -2.46. The summed E-state index contributed by atoms with van der Waals surface area (Å²) in [6.07, 6.45) is 7.74. The number of carbonyl (C=O) groups is 2. The molecule has 0 bridgehead atoms. The van der Waals surface area contributed by atoms with Crippen LogP contribution >= 0.6 is 0 Å². The SMILES string of the molecule is CCCCN(C(=O)C1CC=CCC1C(=O)O)C(C)CC. The van der Waals surface area contributed by atoms with Gasteiger partial charge in [0.15, 0.2) is 0 Å². The van der Waals surface area contributed by atoms with Gasteiger partial charge >= 0.3 is 5.97 Å². The van der Waals surface area contributed by atoms with Gasteiger partial charge < -0.3 is 10.0 Å². The molecule has 0 heterocycles. The van der Waals surface area contributed by atoms with Crippen molar-refractivity contribution in [2.24, 2.45) is 11.8 Å². The average molecular weight is 281 g/mol. The van der Waals surface area contributed by atoms with Crippen molar-refractivity contribution in [2.75, 3.05) is 6.54 Å². The zero-order valence-electron chi connectivity index (χ0n) is 12.8. The number of hydrogen-bond acceptors (Lipinski definition) is 2. The maximum absolute atomic E-state index is 12.7. The Hall–Kier alpha value is -1.32. The molecule has 114 valence electrons. The van der Waals surface area contributed by atoms with Gasteiger partial charge in [0.1, 0.15) is 0 Å². The van der Waals surface area contributed by atoms with Gasteiger partial charge in [0.2, 0.25) is 5.91 Å². The number of hydrogen-bond donors (Lipinski definition) is 1. The summed E-state index contributed by atoms with van der Waals surface area (Å²) in [4.78, 5) is 26.0. The predicted octanol–water partition coefficient (Wildman–Crippen LogP) is 3.08. The molecule has 0 fully saturated rings. The number of carboxylic acid groups (broad SMARTS) is 1. The normalized spacial score (nSPS) is 23.4. The fraction of sp³-hybridized carbons (Fsp3) is 0.750. The summed E-state index contributed by atoms with van der Waals surface area (Å²) in [6, 6.07) is 0.175. The van der Waals surface area contributed by atoms with E-state index in [0.717, 1.165) is 25.8 Å². The Balaban J connectivity index is 2.85. The van der Waals surface area contributed by atoms with Crippen LogP contribution in [-0.2, 0) is 9.59 Å². The number of aliphatic carboxylic acids is 1. The molecule has 0 saturated carbocycles. The van der Waals surface area contributed by atoms with E-state index in [-0.39, 0.29) is 11.9 Å². The molecule has 4 nitrogen and oxygen atoms in total. The van der Waals surface area contributed by atoms with Gasteiger partial charge in [0.25, 0.3) is 0 Å². The van der Waals surface area contributed by atoms with Crippen molar-refractivity contribution >= 4 is 11.9 Å². The van der Waals surface area contributed by atoms with Crippen LogP contribution < -0.4 is 0 Å². The third-order valence-corrected chi connectivity index (χ3v) is 4.23. The summed E-state index contributed by atoms with van der Waals surface area (Å²) in [5.74, 6) is -1.80. The number of allylic oxidation sites excluding steroid dienone is 2. The topological polar surface area (TPSA) is 57.6 Å². The fourth-order valence-corrected chi connectivity index (χ4v) is 2.67. The maximum Gasteiger partial charge on any atom is 0.307 e. The minimum Gasteiger partial charge on any atom is -0.481 e. The van der Waals surface area contributed by atoms with Crippen LogP contribution in [0.25, 0.3) is 0 Å². The lowest BCUT2D eigenvalue weighted by atomic mass is 9.81. The van der Waals surface area contributed by atoms with Gasteiger partial charge in [-0.1, -0.05) is 32.4 Å². The number of unbranched alkanes of at least 4 members (excludes halogenated alkanes) is 1. The van der Waals surface area contributed by atoms with Crippen molar-refractivity contribution in [3.05, 3.63) is 12.2 Å². The Kier molecular flexibility index (Phi) is 6.76. The van der Waals surface area contributed by atoms with Crippen molar-refractivity contribution < 1.29 is 14.7 Å². The standard InChI is InChI=1S/C16H27NO3/c1-4-6-11-17(12(3)5-2)15(18)13-9-7-8-10-14(13)16(19)20/h7-8,12-14H,4-6,9-11H2,1-3H3,(H,19,20). The van der Waals surface area contributed by atoms with Gasteiger partial charge in [-0.3, -0.25) is 9.59 Å². The van der Waals surface area contributed by atoms with Crippen LogP contribution in [0.15, 0.2) is 12.2 Å². The van der Waals surface area contributed by atoms with Crippen LogP contribution in [0.2, 0.25) is 0 Å². The molecular formula is C16H27NO3. The van der Waals surface area contributed by atoms with Crippen LogP contribution in [0.3, 0.4) is 0 Å². The molecule has 1 N–H and O–H groups in total. The molecule has 3 unspecified atom stereocenters. The first-order chi connectivity index (χ1) is 9.52. The second kappa shape index (κ2) is 8.08. The first kappa shape index (κ1) is 16.7. The zero-order valence-corrected chi connectivity index (χ0v) is 12.8. The van der Waals surface area contributed by atoms with Crippen LogP contribution in [0.1, 0.15) is 52.9 Å². The molecule has 0 spiro atoms. The molecule has 20 heavy (non-hydrogen) atoms. The summed E-state index contributed by atoms with van der Waals surface area (Å²) in [6.45, 7) is 6.94. The largest absolute Gasteiger partial charge is 0.481 e. The molecule has 4 heteroatoms. The summed E-state index contributed by atoms with van der Waals surface area (Å²) < 4.78 is 0. The Morgan fingerprint density at radius 1 is 1.25 bits per heavy atom. The highest BCUT2D eigenvalue weighted by Gasteiger charge is 2.37. The van der Waals surface area contributed by atoms with Gasteiger partial charge in [-0.2, -0.15) is 0 Å². The number of rotatable bonds is 7. The van der Waals surface area contributed by atoms with E-state index < -0.39 is 17.8 Å². The predicted molar refractivity (Wildman–Crippen MR) is 79.4 cm³/mol. The van der Waals surface area contributed by atoms with Crippen LogP contribution in [0.5, 0.6) is 0 Å². The first-order valence-corrected chi connectivity index (χ1v) is 7.71. The van der Waals surface area contributed by atoms with E-state index in [1.54, 1.807) is 0 Å². The third-order valence-electron chi connectivity index (χ3n) is 4.23. The monoisotopic (exact) mass is 281 g/mol. The van der Waals surface area contributed by atoms with Gasteiger partial charge in [-0.05, 0) is 32.6 Å². The average Bonchev–Trinajstić information content (AvgIpc) is 2.46. The first-order valence-electron chi connectivity index (χ1n) is 7.71. The van der Waals surface area contributed by atoms with E-state index in [4.69, 9.17) is 0 Å². The highest BCUT2D eigenvalue weighted by Crippen LogP contribution is 2.28. The molecule has 0 aromatic carbocycles. The summed E-state index contributed by atoms with van der Waals surface area (Å²) in [7, 11) is 0. The molecular weight excluding hydrogens is 254 g/mol. The quantitative estimate of drug-likeness (QED) is 0.730. The Labute approximate surface area is 121 Å². The Morgan fingerprint density at radius 3 is 2.35 bits per heavy atom. The second-order valence-electron chi connectivity index (χ2n) is 5.64. The molecule has 0 saturated heterocycles. The number of nitrogens with zero attached hydrogens (tertiary/aromatic N) is 1. The Bertz CT molecular complexity index is 365. The van der Waals surface area contributed by atoms with Gasteiger partial charge in [0, 0.05) is 12.6 Å². The molecule has 0 aliphatic heterocycles. The van der Waals surface area contributed by atoms with Crippen molar-refractivity contribution in [1.29, 1.82) is 0 Å². The van der Waals surface area contributed by atoms with Crippen molar-refractivity contribution in [2.45, 2.75) is 58.9 Å². The Morgan fingerprint density at radius 2 is 1.85 bits per heavy atom. The molecule has 0 aromatic heterocycles. The van der Waals surface area contributed by atoms with E-state index >= 15 is 0 Å². The molecule has 0 radical (unpaired) electrons. The summed E-state index contributed by atoms with van der Waals surface area (Å²) in [5.41, 5.74) is 0.